The van der Waals surface area contributed by atoms with Gasteiger partial charge in [-0.1, -0.05) is 53.3 Å². The molecule has 1 unspecified atom stereocenters. The predicted molar refractivity (Wildman–Crippen MR) is 94.9 cm³/mol. The summed E-state index contributed by atoms with van der Waals surface area (Å²) >= 11 is 0. The number of amides is 1. The van der Waals surface area contributed by atoms with Gasteiger partial charge in [-0.05, 0) is 42.9 Å². The van der Waals surface area contributed by atoms with Crippen molar-refractivity contribution < 1.29 is 4.79 Å². The molecule has 0 aliphatic heterocycles. The predicted octanol–water partition coefficient (Wildman–Crippen LogP) is 5.02. The van der Waals surface area contributed by atoms with E-state index in [9.17, 15) is 4.79 Å². The zero-order valence-corrected chi connectivity index (χ0v) is 14.3. The average molecular weight is 293 g/mol. The van der Waals surface area contributed by atoms with Crippen molar-refractivity contribution in [2.45, 2.75) is 74.3 Å². The molecule has 1 aromatic rings. The van der Waals surface area contributed by atoms with E-state index in [-0.39, 0.29) is 13.3 Å². The summed E-state index contributed by atoms with van der Waals surface area (Å²) in [6.07, 6.45) is 3.20. The van der Waals surface area contributed by atoms with Crippen molar-refractivity contribution in [3.05, 3.63) is 34.9 Å². The van der Waals surface area contributed by atoms with Gasteiger partial charge in [0.15, 0.2) is 0 Å². The molecular weight excluding hydrogens is 258 g/mol. The van der Waals surface area contributed by atoms with Crippen LogP contribution in [0.25, 0.3) is 0 Å². The van der Waals surface area contributed by atoms with Crippen LogP contribution in [0.15, 0.2) is 18.2 Å². The number of carbonyl (C=O) groups is 1. The molecule has 0 fully saturated rings. The van der Waals surface area contributed by atoms with Gasteiger partial charge in [-0.15, -0.1) is 0 Å². The first-order chi connectivity index (χ1) is 9.59. The minimum absolute atomic E-state index is 0. The lowest BCUT2D eigenvalue weighted by atomic mass is 9.85. The highest BCUT2D eigenvalue weighted by Gasteiger charge is 2.23. The van der Waals surface area contributed by atoms with Crippen molar-refractivity contribution >= 4 is 5.91 Å². The van der Waals surface area contributed by atoms with E-state index < -0.39 is 0 Å². The molecule has 1 aromatic carbocycles. The fraction of sp³-hybridized carbons (Fsp3) is 0.632. The number of fused-ring (bicyclic) bond motifs is 1. The molecule has 0 radical (unpaired) electrons. The molecule has 21 heavy (non-hydrogen) atoms. The number of carbonyl (C=O) groups excluding carboxylic acids is 1. The largest absolute Gasteiger partial charge is 0.343 e. The molecule has 0 heterocycles. The third-order valence-corrected chi connectivity index (χ3v) is 3.74. The number of likely N-dealkylation sites (N-methyl/N-ethyl adjacent to an activating group) is 1. The smallest absolute Gasteiger partial charge is 0.219 e. The van der Waals surface area contributed by atoms with E-state index in [2.05, 4.69) is 25.1 Å². The summed E-state index contributed by atoms with van der Waals surface area (Å²) in [4.78, 5) is 13.3. The topological polar surface area (TPSA) is 20.3 Å². The highest BCUT2D eigenvalue weighted by Crippen LogP contribution is 2.26. The zero-order valence-electron chi connectivity index (χ0n) is 14.3. The number of hydrogen-bond donors (Lipinski definition) is 0. The summed E-state index contributed by atoms with van der Waals surface area (Å²) in [5.74, 6) is 0.169. The molecule has 0 bridgehead atoms. The summed E-state index contributed by atoms with van der Waals surface area (Å²) in [6.45, 7) is 11.8. The van der Waals surface area contributed by atoms with Crippen LogP contribution in [0.5, 0.6) is 0 Å². The highest BCUT2D eigenvalue weighted by atomic mass is 16.2. The van der Waals surface area contributed by atoms with Gasteiger partial charge >= 0.3 is 0 Å². The Hall–Kier alpha value is -1.31. The van der Waals surface area contributed by atoms with Crippen LogP contribution in [0.1, 0.15) is 65.2 Å². The van der Waals surface area contributed by atoms with Crippen LogP contribution < -0.4 is 0 Å². The monoisotopic (exact) mass is 293 g/mol. The second-order valence-electron chi connectivity index (χ2n) is 4.74. The molecule has 2 rings (SSSR count). The Morgan fingerprint density at radius 2 is 1.76 bits per heavy atom. The number of rotatable bonds is 1. The normalized spacial score (nSPS) is 15.1. The van der Waals surface area contributed by atoms with Crippen molar-refractivity contribution in [1.29, 1.82) is 0 Å². The molecule has 2 heteroatoms. The van der Waals surface area contributed by atoms with Gasteiger partial charge in [-0.3, -0.25) is 4.79 Å². The van der Waals surface area contributed by atoms with Gasteiger partial charge in [0.2, 0.25) is 5.91 Å². The molecule has 0 spiro atoms. The van der Waals surface area contributed by atoms with Gasteiger partial charge in [0, 0.05) is 20.0 Å². The minimum Gasteiger partial charge on any atom is -0.343 e. The number of hydrogen-bond acceptors (Lipinski definition) is 1. The first kappa shape index (κ1) is 22.0. The molecule has 0 saturated carbocycles. The van der Waals surface area contributed by atoms with Crippen LogP contribution in [-0.4, -0.2) is 23.9 Å². The lowest BCUT2D eigenvalue weighted by Crippen LogP contribution is -2.39. The Bertz CT molecular complexity index is 412. The summed E-state index contributed by atoms with van der Waals surface area (Å²) in [7, 11) is 1.91. The van der Waals surface area contributed by atoms with Crippen molar-refractivity contribution in [3.63, 3.8) is 0 Å². The van der Waals surface area contributed by atoms with Crippen molar-refractivity contribution in [2.75, 3.05) is 7.05 Å². The van der Waals surface area contributed by atoms with Gasteiger partial charge in [0.1, 0.15) is 0 Å². The summed E-state index contributed by atoms with van der Waals surface area (Å²) in [6, 6.07) is 6.89. The Labute approximate surface area is 132 Å². The van der Waals surface area contributed by atoms with E-state index in [4.69, 9.17) is 0 Å². The van der Waals surface area contributed by atoms with E-state index in [1.165, 1.54) is 16.7 Å². The number of benzene rings is 1. The Morgan fingerprint density at radius 3 is 2.29 bits per heavy atom. The molecule has 0 N–H and O–H groups in total. The van der Waals surface area contributed by atoms with Crippen LogP contribution in [0.4, 0.5) is 0 Å². The fourth-order valence-electron chi connectivity index (χ4n) is 2.54. The van der Waals surface area contributed by atoms with Crippen LogP contribution in [0, 0.1) is 6.92 Å². The van der Waals surface area contributed by atoms with Crippen molar-refractivity contribution in [3.8, 4) is 0 Å². The van der Waals surface area contributed by atoms with E-state index in [0.717, 1.165) is 19.3 Å². The molecule has 0 saturated heterocycles. The number of aryl methyl sites for hydroxylation is 2. The zero-order chi connectivity index (χ0) is 15.7. The Kier molecular flexibility index (Phi) is 11.9. The number of nitrogens with zero attached hydrogens (tertiary/aromatic N) is 1. The lowest BCUT2D eigenvalue weighted by Gasteiger charge is -2.32. The van der Waals surface area contributed by atoms with Crippen molar-refractivity contribution in [1.82, 2.24) is 4.90 Å². The van der Waals surface area contributed by atoms with E-state index in [1.54, 1.807) is 6.92 Å². The second kappa shape index (κ2) is 11.4. The van der Waals surface area contributed by atoms with E-state index in [0.29, 0.717) is 6.04 Å². The maximum atomic E-state index is 11.4. The summed E-state index contributed by atoms with van der Waals surface area (Å²) in [5.41, 5.74) is 4.28. The van der Waals surface area contributed by atoms with Gasteiger partial charge < -0.3 is 4.90 Å². The third kappa shape index (κ3) is 5.91. The van der Waals surface area contributed by atoms with Crippen LogP contribution in [0.2, 0.25) is 0 Å². The Morgan fingerprint density at radius 1 is 1.19 bits per heavy atom. The standard InChI is InChI=1S/C14H19NO.2C2H6.CH4/c1-10-5-4-6-12-7-8-13(9-14(10)12)15(3)11(2)16;2*1-2;/h4-6,13H,7-9H2,1-3H3;2*1-2H3;1H4. The molecule has 1 aliphatic rings. The van der Waals surface area contributed by atoms with Gasteiger partial charge in [-0.2, -0.15) is 0 Å². The Balaban J connectivity index is 0. The molecule has 2 nitrogen and oxygen atoms in total. The maximum absolute atomic E-state index is 11.4. The first-order valence-electron chi connectivity index (χ1n) is 7.90. The molecule has 1 amide bonds. The fourth-order valence-corrected chi connectivity index (χ4v) is 2.54. The molecule has 1 atom stereocenters. The quantitative estimate of drug-likeness (QED) is 0.712. The molecular formula is C19H35NO. The molecule has 0 aromatic heterocycles. The lowest BCUT2D eigenvalue weighted by molar-refractivity contribution is -0.129. The average Bonchev–Trinajstić information content (AvgIpc) is 2.50. The van der Waals surface area contributed by atoms with Gasteiger partial charge in [-0.25, -0.2) is 0 Å². The highest BCUT2D eigenvalue weighted by molar-refractivity contribution is 5.73. The molecule has 122 valence electrons. The van der Waals surface area contributed by atoms with Crippen LogP contribution >= 0.6 is 0 Å². The van der Waals surface area contributed by atoms with E-state index in [1.807, 2.05) is 39.6 Å². The summed E-state index contributed by atoms with van der Waals surface area (Å²) in [5, 5.41) is 0. The second-order valence-corrected chi connectivity index (χ2v) is 4.74. The van der Waals surface area contributed by atoms with Gasteiger partial charge in [0.25, 0.3) is 0 Å². The van der Waals surface area contributed by atoms with Crippen LogP contribution in [-0.2, 0) is 17.6 Å². The maximum Gasteiger partial charge on any atom is 0.219 e. The SMILES string of the molecule is C.CC.CC.CC(=O)N(C)C1CCc2cccc(C)c2C1. The minimum atomic E-state index is 0. The van der Waals surface area contributed by atoms with Crippen LogP contribution in [0.3, 0.4) is 0 Å². The van der Waals surface area contributed by atoms with Crippen molar-refractivity contribution in [2.24, 2.45) is 0 Å². The summed E-state index contributed by atoms with van der Waals surface area (Å²) < 4.78 is 0. The first-order valence-corrected chi connectivity index (χ1v) is 7.90. The third-order valence-electron chi connectivity index (χ3n) is 3.74. The van der Waals surface area contributed by atoms with Gasteiger partial charge in [0.05, 0.1) is 0 Å². The van der Waals surface area contributed by atoms with E-state index >= 15 is 0 Å². The molecule has 1 aliphatic carbocycles.